The summed E-state index contributed by atoms with van der Waals surface area (Å²) >= 11 is 0. The summed E-state index contributed by atoms with van der Waals surface area (Å²) in [6.45, 7) is 1.90. The van der Waals surface area contributed by atoms with Gasteiger partial charge in [0.1, 0.15) is 12.4 Å². The minimum Gasteiger partial charge on any atom is -0.487 e. The second-order valence-corrected chi connectivity index (χ2v) is 2.74. The number of nitrogens with zero attached hydrogens (tertiary/aromatic N) is 1. The quantitative estimate of drug-likeness (QED) is 0.519. The fraction of sp³-hybridized carbons (Fsp3) is 0.250. The summed E-state index contributed by atoms with van der Waals surface area (Å²) in [4.78, 5) is 0. The van der Waals surface area contributed by atoms with Crippen molar-refractivity contribution in [1.29, 1.82) is 0 Å². The van der Waals surface area contributed by atoms with E-state index in [1.807, 2.05) is 0 Å². The third-order valence-electron chi connectivity index (χ3n) is 2.14. The molecule has 0 saturated heterocycles. The van der Waals surface area contributed by atoms with Crippen LogP contribution in [0, 0.1) is 0 Å². The fourth-order valence-corrected chi connectivity index (χ4v) is 1.58. The number of aromatic nitrogens is 1. The molecule has 3 rings (SSSR count). The van der Waals surface area contributed by atoms with Crippen molar-refractivity contribution in [3.05, 3.63) is 29.6 Å². The van der Waals surface area contributed by atoms with Gasteiger partial charge in [-0.1, -0.05) is 0 Å². The molecule has 1 aromatic heterocycles. The van der Waals surface area contributed by atoms with Crippen LogP contribution in [-0.2, 0) is 11.3 Å². The third-order valence-corrected chi connectivity index (χ3v) is 2.14. The van der Waals surface area contributed by atoms with Gasteiger partial charge in [0.05, 0.1) is 12.2 Å². The summed E-state index contributed by atoms with van der Waals surface area (Å²) in [6, 6.07) is 4.16. The van der Waals surface area contributed by atoms with E-state index < -0.39 is 0 Å². The molecule has 0 radical (unpaired) electrons. The predicted molar refractivity (Wildman–Crippen MR) is 37.3 cm³/mol. The Morgan fingerprint density at radius 1 is 1.50 bits per heavy atom. The van der Waals surface area contributed by atoms with E-state index in [1.54, 1.807) is 0 Å². The SMILES string of the molecule is c1cc2n(c1)CC1=C2OC1. The van der Waals surface area contributed by atoms with Crippen molar-refractivity contribution in [2.24, 2.45) is 0 Å². The molecule has 0 aromatic carbocycles. The summed E-state index contributed by atoms with van der Waals surface area (Å²) in [5, 5.41) is 0. The molecule has 0 amide bonds. The van der Waals surface area contributed by atoms with Crippen LogP contribution in [0.15, 0.2) is 23.9 Å². The van der Waals surface area contributed by atoms with Gasteiger partial charge in [0, 0.05) is 11.8 Å². The van der Waals surface area contributed by atoms with E-state index in [9.17, 15) is 0 Å². The Morgan fingerprint density at radius 2 is 2.50 bits per heavy atom. The average molecular weight is 133 g/mol. The molecular weight excluding hydrogens is 126 g/mol. The standard InChI is InChI=1S/C8H7NO/c1-2-7-8-6(5-10-8)4-9(7)3-1/h1-3H,4-5H2. The van der Waals surface area contributed by atoms with Gasteiger partial charge >= 0.3 is 0 Å². The Balaban J connectivity index is 2.28. The zero-order valence-corrected chi connectivity index (χ0v) is 5.50. The van der Waals surface area contributed by atoms with Crippen LogP contribution in [0.25, 0.3) is 5.76 Å². The minimum atomic E-state index is 0.844. The van der Waals surface area contributed by atoms with Crippen molar-refractivity contribution in [2.75, 3.05) is 6.61 Å². The van der Waals surface area contributed by atoms with E-state index in [2.05, 4.69) is 22.9 Å². The lowest BCUT2D eigenvalue weighted by Crippen LogP contribution is -2.08. The van der Waals surface area contributed by atoms with E-state index in [0.29, 0.717) is 0 Å². The van der Waals surface area contributed by atoms with E-state index in [1.165, 1.54) is 11.3 Å². The van der Waals surface area contributed by atoms with Crippen molar-refractivity contribution in [1.82, 2.24) is 4.57 Å². The summed E-state index contributed by atoms with van der Waals surface area (Å²) in [6.07, 6.45) is 2.09. The van der Waals surface area contributed by atoms with Crippen molar-refractivity contribution < 1.29 is 4.74 Å². The zero-order valence-electron chi connectivity index (χ0n) is 5.50. The van der Waals surface area contributed by atoms with E-state index >= 15 is 0 Å². The lowest BCUT2D eigenvalue weighted by molar-refractivity contribution is 0.260. The zero-order chi connectivity index (χ0) is 6.55. The smallest absolute Gasteiger partial charge is 0.147 e. The molecule has 0 N–H and O–H groups in total. The van der Waals surface area contributed by atoms with Gasteiger partial charge in [-0.25, -0.2) is 0 Å². The maximum atomic E-state index is 5.30. The van der Waals surface area contributed by atoms with E-state index in [0.717, 1.165) is 18.9 Å². The number of hydrogen-bond acceptors (Lipinski definition) is 1. The van der Waals surface area contributed by atoms with Crippen molar-refractivity contribution >= 4 is 5.76 Å². The minimum absolute atomic E-state index is 0.844. The topological polar surface area (TPSA) is 14.2 Å². The molecule has 2 aliphatic heterocycles. The fourth-order valence-electron chi connectivity index (χ4n) is 1.58. The summed E-state index contributed by atoms with van der Waals surface area (Å²) < 4.78 is 7.52. The Morgan fingerprint density at radius 3 is 3.30 bits per heavy atom. The molecule has 50 valence electrons. The van der Waals surface area contributed by atoms with Gasteiger partial charge in [-0.3, -0.25) is 0 Å². The van der Waals surface area contributed by atoms with Crippen molar-refractivity contribution in [3.8, 4) is 0 Å². The number of fused-ring (bicyclic) bond motifs is 2. The van der Waals surface area contributed by atoms with Crippen LogP contribution in [0.4, 0.5) is 0 Å². The van der Waals surface area contributed by atoms with E-state index in [4.69, 9.17) is 4.74 Å². The highest BCUT2D eigenvalue weighted by molar-refractivity contribution is 5.68. The highest BCUT2D eigenvalue weighted by atomic mass is 16.5. The van der Waals surface area contributed by atoms with Crippen molar-refractivity contribution in [2.45, 2.75) is 6.54 Å². The summed E-state index contributed by atoms with van der Waals surface area (Å²) in [5.41, 5.74) is 2.71. The predicted octanol–water partition coefficient (Wildman–Crippen LogP) is 1.24. The molecule has 2 aliphatic rings. The Hall–Kier alpha value is -1.18. The molecule has 0 atom stereocenters. The Bertz CT molecular complexity index is 322. The molecule has 10 heavy (non-hydrogen) atoms. The van der Waals surface area contributed by atoms with Crippen LogP contribution in [0.3, 0.4) is 0 Å². The molecule has 0 unspecified atom stereocenters. The van der Waals surface area contributed by atoms with E-state index in [-0.39, 0.29) is 0 Å². The highest BCUT2D eigenvalue weighted by Gasteiger charge is 2.28. The van der Waals surface area contributed by atoms with Gasteiger partial charge in [0.2, 0.25) is 0 Å². The second-order valence-electron chi connectivity index (χ2n) is 2.74. The number of hydrogen-bond donors (Lipinski definition) is 0. The second kappa shape index (κ2) is 1.29. The molecule has 2 heteroatoms. The van der Waals surface area contributed by atoms with Gasteiger partial charge in [0.15, 0.2) is 0 Å². The molecule has 0 fully saturated rings. The van der Waals surface area contributed by atoms with Crippen LogP contribution in [0.5, 0.6) is 0 Å². The first kappa shape index (κ1) is 4.61. The summed E-state index contributed by atoms with van der Waals surface area (Å²) in [7, 11) is 0. The number of rotatable bonds is 0. The molecule has 0 aliphatic carbocycles. The van der Waals surface area contributed by atoms with Crippen LogP contribution >= 0.6 is 0 Å². The maximum absolute atomic E-state index is 5.30. The maximum Gasteiger partial charge on any atom is 0.147 e. The summed E-state index contributed by atoms with van der Waals surface area (Å²) in [5.74, 6) is 1.13. The molecular formula is C8H7NO. The first-order chi connectivity index (χ1) is 4.95. The lowest BCUT2D eigenvalue weighted by atomic mass is 10.2. The normalized spacial score (nSPS) is 19.6. The van der Waals surface area contributed by atoms with Gasteiger partial charge in [-0.05, 0) is 12.1 Å². The molecule has 1 aromatic rings. The van der Waals surface area contributed by atoms with Crippen LogP contribution in [0.1, 0.15) is 5.69 Å². The first-order valence-corrected chi connectivity index (χ1v) is 3.45. The third kappa shape index (κ3) is 0.347. The number of ether oxygens (including phenoxy) is 1. The van der Waals surface area contributed by atoms with Gasteiger partial charge in [-0.2, -0.15) is 0 Å². The Labute approximate surface area is 58.7 Å². The molecule has 2 nitrogen and oxygen atoms in total. The van der Waals surface area contributed by atoms with Gasteiger partial charge in [-0.15, -0.1) is 0 Å². The molecule has 3 heterocycles. The average Bonchev–Trinajstić information content (AvgIpc) is 2.35. The van der Waals surface area contributed by atoms with Crippen molar-refractivity contribution in [3.63, 3.8) is 0 Å². The Kier molecular flexibility index (Phi) is 0.592. The van der Waals surface area contributed by atoms with Crippen LogP contribution < -0.4 is 0 Å². The largest absolute Gasteiger partial charge is 0.487 e. The first-order valence-electron chi connectivity index (χ1n) is 3.45. The molecule has 0 spiro atoms. The molecule has 0 bridgehead atoms. The monoisotopic (exact) mass is 133 g/mol. The van der Waals surface area contributed by atoms with Gasteiger partial charge < -0.3 is 9.30 Å². The van der Waals surface area contributed by atoms with Gasteiger partial charge in [0.25, 0.3) is 0 Å². The van der Waals surface area contributed by atoms with Crippen LogP contribution in [-0.4, -0.2) is 11.2 Å². The lowest BCUT2D eigenvalue weighted by Gasteiger charge is -2.17. The highest BCUT2D eigenvalue weighted by Crippen LogP contribution is 2.35. The molecule has 0 saturated carbocycles. The van der Waals surface area contributed by atoms with Crippen LogP contribution in [0.2, 0.25) is 0 Å².